The van der Waals surface area contributed by atoms with Gasteiger partial charge < -0.3 is 25.4 Å². The van der Waals surface area contributed by atoms with Crippen LogP contribution in [0.4, 0.5) is 9.18 Å². The topological polar surface area (TPSA) is 96.9 Å². The number of alkyl carbamates (subject to hydrolysis) is 1. The highest BCUT2D eigenvalue weighted by Crippen LogP contribution is 2.24. The number of aromatic nitrogens is 1. The fourth-order valence-electron chi connectivity index (χ4n) is 2.61. The third-order valence-electron chi connectivity index (χ3n) is 4.08. The molecule has 0 atom stereocenters. The average molecular weight is 446 g/mol. The van der Waals surface area contributed by atoms with Crippen molar-refractivity contribution in [2.45, 2.75) is 52.3 Å². The minimum absolute atomic E-state index is 0.124. The molecule has 0 unspecified atom stereocenters. The summed E-state index contributed by atoms with van der Waals surface area (Å²) in [5.74, 6) is 0.627. The van der Waals surface area contributed by atoms with Crippen LogP contribution in [-0.2, 0) is 11.3 Å². The number of aliphatic imine (C=N–C) groups is 1. The van der Waals surface area contributed by atoms with Gasteiger partial charge in [0.2, 0.25) is 0 Å². The average Bonchev–Trinajstić information content (AvgIpc) is 2.69. The molecule has 2 rings (SSSR count). The van der Waals surface area contributed by atoms with Gasteiger partial charge in [-0.15, -0.1) is 0 Å². The molecule has 1 amide bonds. The van der Waals surface area contributed by atoms with Crippen LogP contribution >= 0.6 is 0 Å². The van der Waals surface area contributed by atoms with Gasteiger partial charge >= 0.3 is 6.09 Å². The molecule has 0 aliphatic rings. The molecule has 1 aromatic heterocycles. The highest BCUT2D eigenvalue weighted by molar-refractivity contribution is 5.79. The normalized spacial score (nSPS) is 12.2. The van der Waals surface area contributed by atoms with E-state index in [1.165, 1.54) is 12.3 Å². The Hall–Kier alpha value is -3.36. The van der Waals surface area contributed by atoms with Gasteiger partial charge in [-0.3, -0.25) is 9.98 Å². The van der Waals surface area contributed by atoms with Gasteiger partial charge in [-0.2, -0.15) is 0 Å². The van der Waals surface area contributed by atoms with Crippen LogP contribution in [0, 0.1) is 5.82 Å². The zero-order chi connectivity index (χ0) is 23.8. The third kappa shape index (κ3) is 8.79. The maximum atomic E-state index is 14.4. The minimum Gasteiger partial charge on any atom is -0.453 e. The van der Waals surface area contributed by atoms with Gasteiger partial charge in [-0.1, -0.05) is 6.07 Å². The first-order chi connectivity index (χ1) is 15.0. The second kappa shape index (κ2) is 10.8. The summed E-state index contributed by atoms with van der Waals surface area (Å²) in [6.07, 6.45) is 2.65. The number of carbonyl (C=O) groups is 1. The zero-order valence-electron chi connectivity index (χ0n) is 19.5. The SMILES string of the molecule is CN=C(NCc1ccc(Oc2cccnc2)c(F)c1)NCC(C)(C)NC(=O)OC(C)(C)C. The van der Waals surface area contributed by atoms with Gasteiger partial charge in [-0.05, 0) is 64.4 Å². The predicted molar refractivity (Wildman–Crippen MR) is 122 cm³/mol. The van der Waals surface area contributed by atoms with Gasteiger partial charge in [0.05, 0.1) is 11.7 Å². The predicted octanol–water partition coefficient (Wildman–Crippen LogP) is 3.98. The molecule has 0 spiro atoms. The van der Waals surface area contributed by atoms with E-state index in [1.807, 2.05) is 34.6 Å². The molecule has 0 aliphatic carbocycles. The fraction of sp³-hybridized carbons (Fsp3) is 0.435. The lowest BCUT2D eigenvalue weighted by Gasteiger charge is -2.29. The van der Waals surface area contributed by atoms with Crippen LogP contribution in [-0.4, -0.2) is 41.8 Å². The Kier molecular flexibility index (Phi) is 8.40. The number of pyridine rings is 1. The van der Waals surface area contributed by atoms with E-state index < -0.39 is 23.1 Å². The molecule has 1 heterocycles. The van der Waals surface area contributed by atoms with Gasteiger partial charge in [0, 0.05) is 26.3 Å². The number of ether oxygens (including phenoxy) is 2. The Balaban J connectivity index is 1.86. The molecule has 0 aliphatic heterocycles. The molecule has 0 bridgehead atoms. The van der Waals surface area contributed by atoms with Crippen molar-refractivity contribution < 1.29 is 18.7 Å². The standard InChI is InChI=1S/C23H32FN5O3/c1-22(2,3)32-21(30)29-23(4,5)15-28-20(25-6)27-13-16-9-10-19(18(24)12-16)31-17-8-7-11-26-14-17/h7-12,14H,13,15H2,1-6H3,(H,29,30)(H2,25,27,28). The van der Waals surface area contributed by atoms with Gasteiger partial charge in [-0.25, -0.2) is 9.18 Å². The van der Waals surface area contributed by atoms with Crippen molar-refractivity contribution in [2.24, 2.45) is 4.99 Å². The summed E-state index contributed by atoms with van der Waals surface area (Å²) < 4.78 is 25.2. The summed E-state index contributed by atoms with van der Waals surface area (Å²) in [6.45, 7) is 9.92. The number of guanidine groups is 1. The second-order valence-electron chi connectivity index (χ2n) is 8.85. The minimum atomic E-state index is -0.586. The molecule has 1 aromatic carbocycles. The lowest BCUT2D eigenvalue weighted by atomic mass is 10.1. The van der Waals surface area contributed by atoms with Crippen LogP contribution in [0.3, 0.4) is 0 Å². The van der Waals surface area contributed by atoms with Crippen LogP contribution < -0.4 is 20.7 Å². The molecular weight excluding hydrogens is 413 g/mol. The quantitative estimate of drug-likeness (QED) is 0.441. The van der Waals surface area contributed by atoms with Crippen molar-refractivity contribution in [1.29, 1.82) is 0 Å². The Bertz CT molecular complexity index is 927. The first kappa shape index (κ1) is 24.9. The van der Waals surface area contributed by atoms with Gasteiger partial charge in [0.25, 0.3) is 0 Å². The summed E-state index contributed by atoms with van der Waals surface area (Å²) in [6, 6.07) is 8.16. The van der Waals surface area contributed by atoms with Crippen LogP contribution in [0.15, 0.2) is 47.7 Å². The van der Waals surface area contributed by atoms with Crippen LogP contribution in [0.25, 0.3) is 0 Å². The number of carbonyl (C=O) groups excluding carboxylic acids is 1. The van der Waals surface area contributed by atoms with Gasteiger partial charge in [0.15, 0.2) is 17.5 Å². The third-order valence-corrected chi connectivity index (χ3v) is 4.08. The number of halogens is 1. The Morgan fingerprint density at radius 1 is 1.16 bits per heavy atom. The first-order valence-corrected chi connectivity index (χ1v) is 10.3. The van der Waals surface area contributed by atoms with E-state index in [2.05, 4.69) is 25.9 Å². The molecular formula is C23H32FN5O3. The fourth-order valence-corrected chi connectivity index (χ4v) is 2.61. The number of hydrogen-bond acceptors (Lipinski definition) is 5. The maximum absolute atomic E-state index is 14.4. The number of nitrogens with one attached hydrogen (secondary N) is 3. The summed E-state index contributed by atoms with van der Waals surface area (Å²) in [5, 5.41) is 9.10. The van der Waals surface area contributed by atoms with E-state index in [0.717, 1.165) is 5.56 Å². The van der Waals surface area contributed by atoms with Crippen molar-refractivity contribution in [3.8, 4) is 11.5 Å². The highest BCUT2D eigenvalue weighted by Gasteiger charge is 2.24. The van der Waals surface area contributed by atoms with Crippen molar-refractivity contribution in [1.82, 2.24) is 20.9 Å². The van der Waals surface area contributed by atoms with E-state index >= 15 is 0 Å². The molecule has 32 heavy (non-hydrogen) atoms. The first-order valence-electron chi connectivity index (χ1n) is 10.3. The van der Waals surface area contributed by atoms with Gasteiger partial charge in [0.1, 0.15) is 11.4 Å². The Labute approximate surface area is 188 Å². The van der Waals surface area contributed by atoms with Crippen molar-refractivity contribution in [2.75, 3.05) is 13.6 Å². The van der Waals surface area contributed by atoms with E-state index in [0.29, 0.717) is 24.8 Å². The number of nitrogens with zero attached hydrogens (tertiary/aromatic N) is 2. The van der Waals surface area contributed by atoms with E-state index in [-0.39, 0.29) is 5.75 Å². The smallest absolute Gasteiger partial charge is 0.408 e. The molecule has 9 heteroatoms. The summed E-state index contributed by atoms with van der Waals surface area (Å²) in [4.78, 5) is 20.1. The lowest BCUT2D eigenvalue weighted by molar-refractivity contribution is 0.0474. The van der Waals surface area contributed by atoms with Crippen molar-refractivity contribution in [3.63, 3.8) is 0 Å². The monoisotopic (exact) mass is 445 g/mol. The van der Waals surface area contributed by atoms with E-state index in [4.69, 9.17) is 9.47 Å². The molecule has 8 nitrogen and oxygen atoms in total. The molecule has 0 saturated heterocycles. The molecule has 174 valence electrons. The molecule has 0 fully saturated rings. The van der Waals surface area contributed by atoms with Crippen molar-refractivity contribution in [3.05, 3.63) is 54.1 Å². The van der Waals surface area contributed by atoms with E-state index in [9.17, 15) is 9.18 Å². The number of rotatable bonds is 7. The van der Waals surface area contributed by atoms with Crippen LogP contribution in [0.2, 0.25) is 0 Å². The highest BCUT2D eigenvalue weighted by atomic mass is 19.1. The van der Waals surface area contributed by atoms with E-state index in [1.54, 1.807) is 37.5 Å². The van der Waals surface area contributed by atoms with Crippen LogP contribution in [0.1, 0.15) is 40.2 Å². The summed E-state index contributed by atoms with van der Waals surface area (Å²) in [7, 11) is 1.63. The summed E-state index contributed by atoms with van der Waals surface area (Å²) in [5.41, 5.74) is -0.439. The molecule has 0 radical (unpaired) electrons. The van der Waals surface area contributed by atoms with Crippen LogP contribution in [0.5, 0.6) is 11.5 Å². The molecule has 0 saturated carbocycles. The largest absolute Gasteiger partial charge is 0.453 e. The second-order valence-corrected chi connectivity index (χ2v) is 8.85. The Morgan fingerprint density at radius 2 is 1.91 bits per heavy atom. The number of hydrogen-bond donors (Lipinski definition) is 3. The Morgan fingerprint density at radius 3 is 2.50 bits per heavy atom. The number of amides is 1. The van der Waals surface area contributed by atoms with Crippen molar-refractivity contribution >= 4 is 12.1 Å². The lowest BCUT2D eigenvalue weighted by Crippen LogP contribution is -2.54. The molecule has 2 aromatic rings. The maximum Gasteiger partial charge on any atom is 0.408 e. The number of benzene rings is 1. The summed E-state index contributed by atoms with van der Waals surface area (Å²) >= 11 is 0. The zero-order valence-corrected chi connectivity index (χ0v) is 19.5. The molecule has 3 N–H and O–H groups in total.